The van der Waals surface area contributed by atoms with Gasteiger partial charge in [0.05, 0.1) is 0 Å². The number of anilines is 1. The first-order chi connectivity index (χ1) is 10.0. The van der Waals surface area contributed by atoms with Crippen LogP contribution in [-0.2, 0) is 4.79 Å². The predicted octanol–water partition coefficient (Wildman–Crippen LogP) is 2.94. The monoisotopic (exact) mass is 412 g/mol. The SMILES string of the molecule is NC(=S)c1ccc(OCC(=O)Nc2ccc(I)cc2)cc1. The van der Waals surface area contributed by atoms with Gasteiger partial charge in [0, 0.05) is 14.8 Å². The van der Waals surface area contributed by atoms with Gasteiger partial charge < -0.3 is 15.8 Å². The molecule has 0 aliphatic heterocycles. The fourth-order valence-electron chi connectivity index (χ4n) is 1.59. The number of amides is 1. The molecule has 0 saturated heterocycles. The van der Waals surface area contributed by atoms with Gasteiger partial charge in [0.1, 0.15) is 10.7 Å². The fraction of sp³-hybridized carbons (Fsp3) is 0.0667. The molecule has 0 fully saturated rings. The van der Waals surface area contributed by atoms with E-state index in [2.05, 4.69) is 27.9 Å². The number of hydrogen-bond donors (Lipinski definition) is 2. The van der Waals surface area contributed by atoms with Crippen LogP contribution in [0.15, 0.2) is 48.5 Å². The summed E-state index contributed by atoms with van der Waals surface area (Å²) in [5.41, 5.74) is 7.02. The van der Waals surface area contributed by atoms with Gasteiger partial charge in [-0.2, -0.15) is 0 Å². The minimum Gasteiger partial charge on any atom is -0.484 e. The van der Waals surface area contributed by atoms with Crippen LogP contribution in [0.5, 0.6) is 5.75 Å². The molecule has 0 spiro atoms. The van der Waals surface area contributed by atoms with E-state index in [1.807, 2.05) is 24.3 Å². The summed E-state index contributed by atoms with van der Waals surface area (Å²) in [4.78, 5) is 12.1. The fourth-order valence-corrected chi connectivity index (χ4v) is 2.09. The van der Waals surface area contributed by atoms with E-state index in [0.29, 0.717) is 10.7 Å². The largest absolute Gasteiger partial charge is 0.484 e. The lowest BCUT2D eigenvalue weighted by atomic mass is 10.2. The van der Waals surface area contributed by atoms with E-state index >= 15 is 0 Å². The van der Waals surface area contributed by atoms with Gasteiger partial charge in [-0.25, -0.2) is 0 Å². The van der Waals surface area contributed by atoms with Crippen molar-refractivity contribution in [3.8, 4) is 5.75 Å². The molecule has 3 N–H and O–H groups in total. The molecule has 0 aliphatic carbocycles. The Morgan fingerprint density at radius 2 is 1.76 bits per heavy atom. The zero-order chi connectivity index (χ0) is 15.2. The number of thiocarbonyl (C=S) groups is 1. The molecule has 2 aromatic carbocycles. The maximum absolute atomic E-state index is 11.8. The van der Waals surface area contributed by atoms with Crippen LogP contribution in [0.25, 0.3) is 0 Å². The molecule has 4 nitrogen and oxygen atoms in total. The smallest absolute Gasteiger partial charge is 0.262 e. The molecule has 21 heavy (non-hydrogen) atoms. The molecule has 0 radical (unpaired) electrons. The van der Waals surface area contributed by atoms with Crippen LogP contribution in [0.4, 0.5) is 5.69 Å². The second kappa shape index (κ2) is 7.37. The average Bonchev–Trinajstić information content (AvgIpc) is 2.48. The topological polar surface area (TPSA) is 64.3 Å². The number of nitrogens with two attached hydrogens (primary N) is 1. The van der Waals surface area contributed by atoms with Gasteiger partial charge in [-0.1, -0.05) is 12.2 Å². The number of nitrogens with one attached hydrogen (secondary N) is 1. The molecule has 0 atom stereocenters. The van der Waals surface area contributed by atoms with Crippen molar-refractivity contribution in [2.75, 3.05) is 11.9 Å². The number of halogens is 1. The number of carbonyl (C=O) groups is 1. The summed E-state index contributed by atoms with van der Waals surface area (Å²) in [7, 11) is 0. The summed E-state index contributed by atoms with van der Waals surface area (Å²) in [6.07, 6.45) is 0. The Bertz CT molecular complexity index is 642. The maximum atomic E-state index is 11.8. The molecular formula is C15H13IN2O2S. The van der Waals surface area contributed by atoms with Crippen LogP contribution >= 0.6 is 34.8 Å². The highest BCUT2D eigenvalue weighted by molar-refractivity contribution is 14.1. The van der Waals surface area contributed by atoms with Crippen LogP contribution in [0, 0.1) is 3.57 Å². The van der Waals surface area contributed by atoms with Gasteiger partial charge >= 0.3 is 0 Å². The standard InChI is InChI=1S/C15H13IN2O2S/c16-11-3-5-12(6-4-11)18-14(19)9-20-13-7-1-10(2-8-13)15(17)21/h1-8H,9H2,(H2,17,21)(H,18,19). The van der Waals surface area contributed by atoms with E-state index in [4.69, 9.17) is 22.7 Å². The van der Waals surface area contributed by atoms with Crippen LogP contribution < -0.4 is 15.8 Å². The van der Waals surface area contributed by atoms with Crippen molar-refractivity contribution in [2.24, 2.45) is 5.73 Å². The molecule has 2 aromatic rings. The summed E-state index contributed by atoms with van der Waals surface area (Å²) < 4.78 is 6.51. The third kappa shape index (κ3) is 4.98. The van der Waals surface area contributed by atoms with Crippen molar-refractivity contribution in [3.05, 3.63) is 57.7 Å². The van der Waals surface area contributed by atoms with Crippen molar-refractivity contribution in [1.82, 2.24) is 0 Å². The molecule has 0 saturated carbocycles. The summed E-state index contributed by atoms with van der Waals surface area (Å²) in [6.45, 7) is -0.0571. The number of carbonyl (C=O) groups excluding carboxylic acids is 1. The van der Waals surface area contributed by atoms with E-state index < -0.39 is 0 Å². The van der Waals surface area contributed by atoms with E-state index in [-0.39, 0.29) is 12.5 Å². The van der Waals surface area contributed by atoms with Crippen molar-refractivity contribution in [1.29, 1.82) is 0 Å². The Hall–Kier alpha value is -1.67. The molecule has 0 aromatic heterocycles. The zero-order valence-electron chi connectivity index (χ0n) is 11.0. The maximum Gasteiger partial charge on any atom is 0.262 e. The lowest BCUT2D eigenvalue weighted by Crippen LogP contribution is -2.20. The van der Waals surface area contributed by atoms with Crippen molar-refractivity contribution in [3.63, 3.8) is 0 Å². The Labute approximate surface area is 141 Å². The first kappa shape index (κ1) is 15.7. The Morgan fingerprint density at radius 1 is 1.14 bits per heavy atom. The van der Waals surface area contributed by atoms with Crippen LogP contribution in [0.2, 0.25) is 0 Å². The van der Waals surface area contributed by atoms with Gasteiger partial charge in [-0.05, 0) is 71.1 Å². The molecule has 2 rings (SSSR count). The third-order valence-electron chi connectivity index (χ3n) is 2.64. The van der Waals surface area contributed by atoms with E-state index in [9.17, 15) is 4.79 Å². The number of benzene rings is 2. The van der Waals surface area contributed by atoms with Crippen LogP contribution in [-0.4, -0.2) is 17.5 Å². The number of hydrogen-bond acceptors (Lipinski definition) is 3. The van der Waals surface area contributed by atoms with Gasteiger partial charge in [-0.3, -0.25) is 4.79 Å². The second-order valence-electron chi connectivity index (χ2n) is 4.23. The Kier molecular flexibility index (Phi) is 5.51. The Balaban J connectivity index is 1.86. The Morgan fingerprint density at radius 3 is 2.33 bits per heavy atom. The molecule has 0 unspecified atom stereocenters. The molecule has 0 heterocycles. The minimum atomic E-state index is -0.213. The first-order valence-corrected chi connectivity index (χ1v) is 7.61. The number of ether oxygens (including phenoxy) is 1. The predicted molar refractivity (Wildman–Crippen MR) is 95.6 cm³/mol. The summed E-state index contributed by atoms with van der Waals surface area (Å²) in [5, 5.41) is 2.76. The van der Waals surface area contributed by atoms with Gasteiger partial charge in [-0.15, -0.1) is 0 Å². The molecule has 6 heteroatoms. The first-order valence-electron chi connectivity index (χ1n) is 6.12. The van der Waals surface area contributed by atoms with Crippen LogP contribution in [0.3, 0.4) is 0 Å². The lowest BCUT2D eigenvalue weighted by Gasteiger charge is -2.08. The van der Waals surface area contributed by atoms with Crippen molar-refractivity contribution < 1.29 is 9.53 Å². The molecular weight excluding hydrogens is 399 g/mol. The minimum absolute atomic E-state index is 0.0571. The molecule has 0 aliphatic rings. The summed E-state index contributed by atoms with van der Waals surface area (Å²) >= 11 is 7.07. The quantitative estimate of drug-likeness (QED) is 0.586. The molecule has 1 amide bonds. The lowest BCUT2D eigenvalue weighted by molar-refractivity contribution is -0.118. The van der Waals surface area contributed by atoms with Gasteiger partial charge in [0.25, 0.3) is 5.91 Å². The van der Waals surface area contributed by atoms with E-state index in [0.717, 1.165) is 14.8 Å². The second-order valence-corrected chi connectivity index (χ2v) is 5.92. The molecule has 0 bridgehead atoms. The molecule has 108 valence electrons. The normalized spacial score (nSPS) is 9.95. The summed E-state index contributed by atoms with van der Waals surface area (Å²) in [5.74, 6) is 0.377. The number of rotatable bonds is 5. The van der Waals surface area contributed by atoms with Crippen molar-refractivity contribution >= 4 is 51.4 Å². The third-order valence-corrected chi connectivity index (χ3v) is 3.59. The van der Waals surface area contributed by atoms with Gasteiger partial charge in [0.15, 0.2) is 6.61 Å². The van der Waals surface area contributed by atoms with Crippen molar-refractivity contribution in [2.45, 2.75) is 0 Å². The zero-order valence-corrected chi connectivity index (χ0v) is 14.0. The van der Waals surface area contributed by atoms with Gasteiger partial charge in [0.2, 0.25) is 0 Å². The average molecular weight is 412 g/mol. The highest BCUT2D eigenvalue weighted by Crippen LogP contribution is 2.13. The van der Waals surface area contributed by atoms with E-state index in [1.54, 1.807) is 24.3 Å². The highest BCUT2D eigenvalue weighted by Gasteiger charge is 2.04. The summed E-state index contributed by atoms with van der Waals surface area (Å²) in [6, 6.07) is 14.5. The highest BCUT2D eigenvalue weighted by atomic mass is 127. The van der Waals surface area contributed by atoms with Crippen LogP contribution in [0.1, 0.15) is 5.56 Å². The van der Waals surface area contributed by atoms with E-state index in [1.165, 1.54) is 0 Å².